The zero-order valence-corrected chi connectivity index (χ0v) is 11.8. The summed E-state index contributed by atoms with van der Waals surface area (Å²) in [4.78, 5) is 0. The van der Waals surface area contributed by atoms with Gasteiger partial charge in [0.1, 0.15) is 5.75 Å². The largest absolute Gasteiger partial charge is 0.508 e. The third kappa shape index (κ3) is 3.05. The Kier molecular flexibility index (Phi) is 4.28. The molecule has 1 heterocycles. The molecule has 0 amide bonds. The van der Waals surface area contributed by atoms with Crippen LogP contribution in [0.15, 0.2) is 12.1 Å². The summed E-state index contributed by atoms with van der Waals surface area (Å²) in [5.74, 6) is 1.73. The van der Waals surface area contributed by atoms with E-state index >= 15 is 0 Å². The Labute approximate surface area is 110 Å². The molecular formula is C16H25NO. The maximum absolute atomic E-state index is 10.1. The van der Waals surface area contributed by atoms with Crippen molar-refractivity contribution in [1.82, 2.24) is 5.32 Å². The fourth-order valence-electron chi connectivity index (χ4n) is 2.94. The van der Waals surface area contributed by atoms with Gasteiger partial charge in [-0.15, -0.1) is 0 Å². The number of aryl methyl sites for hydroxylation is 1. The van der Waals surface area contributed by atoms with Gasteiger partial charge in [-0.05, 0) is 73.9 Å². The molecule has 0 saturated carbocycles. The Hall–Kier alpha value is -1.02. The molecule has 0 aliphatic carbocycles. The molecule has 0 spiro atoms. The van der Waals surface area contributed by atoms with E-state index in [0.29, 0.717) is 11.7 Å². The van der Waals surface area contributed by atoms with Crippen LogP contribution >= 0.6 is 0 Å². The highest BCUT2D eigenvalue weighted by Crippen LogP contribution is 2.30. The Morgan fingerprint density at radius 3 is 2.56 bits per heavy atom. The number of rotatable bonds is 3. The summed E-state index contributed by atoms with van der Waals surface area (Å²) in [6, 6.07) is 4.16. The summed E-state index contributed by atoms with van der Waals surface area (Å²) in [7, 11) is 0. The van der Waals surface area contributed by atoms with Gasteiger partial charge >= 0.3 is 0 Å². The number of phenols is 1. The van der Waals surface area contributed by atoms with Crippen LogP contribution in [-0.2, 0) is 6.42 Å². The molecule has 2 N–H and O–H groups in total. The van der Waals surface area contributed by atoms with Gasteiger partial charge in [-0.1, -0.05) is 19.9 Å². The van der Waals surface area contributed by atoms with Crippen molar-refractivity contribution in [2.24, 2.45) is 5.92 Å². The second kappa shape index (κ2) is 5.75. The highest BCUT2D eigenvalue weighted by atomic mass is 16.3. The van der Waals surface area contributed by atoms with E-state index in [2.05, 4.69) is 32.2 Å². The van der Waals surface area contributed by atoms with Crippen LogP contribution in [-0.4, -0.2) is 18.2 Å². The standard InChI is InChI=1S/C16H25NO/c1-11(2)15-10-14(16(18)8-12(15)3)9-13-4-6-17-7-5-13/h8,10-11,13,17-18H,4-7,9H2,1-3H3. The first-order valence-corrected chi connectivity index (χ1v) is 7.11. The van der Waals surface area contributed by atoms with Crippen molar-refractivity contribution < 1.29 is 5.11 Å². The second-order valence-corrected chi connectivity index (χ2v) is 5.89. The molecule has 0 bridgehead atoms. The van der Waals surface area contributed by atoms with E-state index in [1.807, 2.05) is 6.07 Å². The van der Waals surface area contributed by atoms with Gasteiger partial charge in [-0.25, -0.2) is 0 Å². The topological polar surface area (TPSA) is 32.3 Å². The van der Waals surface area contributed by atoms with Crippen molar-refractivity contribution >= 4 is 0 Å². The third-order valence-corrected chi connectivity index (χ3v) is 4.06. The van der Waals surface area contributed by atoms with Crippen molar-refractivity contribution in [3.63, 3.8) is 0 Å². The number of nitrogens with one attached hydrogen (secondary N) is 1. The molecule has 1 saturated heterocycles. The average Bonchev–Trinajstić information content (AvgIpc) is 2.33. The van der Waals surface area contributed by atoms with Crippen molar-refractivity contribution in [3.8, 4) is 5.75 Å². The van der Waals surface area contributed by atoms with Crippen molar-refractivity contribution in [1.29, 1.82) is 0 Å². The van der Waals surface area contributed by atoms with E-state index in [9.17, 15) is 5.11 Å². The number of piperidine rings is 1. The zero-order chi connectivity index (χ0) is 13.1. The number of phenolic OH excluding ortho intramolecular Hbond substituents is 1. The minimum atomic E-state index is 0.482. The van der Waals surface area contributed by atoms with Crippen molar-refractivity contribution in [2.75, 3.05) is 13.1 Å². The first-order valence-electron chi connectivity index (χ1n) is 7.11. The molecule has 0 aromatic heterocycles. The number of benzene rings is 1. The number of aromatic hydroxyl groups is 1. The lowest BCUT2D eigenvalue weighted by molar-refractivity contribution is 0.366. The Morgan fingerprint density at radius 2 is 1.94 bits per heavy atom. The molecule has 1 aromatic carbocycles. The van der Waals surface area contributed by atoms with Crippen LogP contribution in [0.2, 0.25) is 0 Å². The maximum atomic E-state index is 10.1. The molecule has 0 unspecified atom stereocenters. The molecule has 0 radical (unpaired) electrons. The monoisotopic (exact) mass is 247 g/mol. The van der Waals surface area contributed by atoms with E-state index in [-0.39, 0.29) is 0 Å². The van der Waals surface area contributed by atoms with Crippen LogP contribution in [0.4, 0.5) is 0 Å². The quantitative estimate of drug-likeness (QED) is 0.858. The lowest BCUT2D eigenvalue weighted by Gasteiger charge is -2.23. The van der Waals surface area contributed by atoms with Gasteiger partial charge in [-0.2, -0.15) is 0 Å². The fourth-order valence-corrected chi connectivity index (χ4v) is 2.94. The highest BCUT2D eigenvalue weighted by Gasteiger charge is 2.17. The molecule has 1 aromatic rings. The summed E-state index contributed by atoms with van der Waals surface area (Å²) in [5, 5.41) is 13.5. The minimum absolute atomic E-state index is 0.482. The number of hydrogen-bond acceptors (Lipinski definition) is 2. The molecule has 1 aliphatic rings. The predicted molar refractivity (Wildman–Crippen MR) is 76.2 cm³/mol. The van der Waals surface area contributed by atoms with E-state index in [4.69, 9.17) is 0 Å². The Balaban J connectivity index is 2.18. The van der Waals surface area contributed by atoms with Gasteiger partial charge in [0.2, 0.25) is 0 Å². The third-order valence-electron chi connectivity index (χ3n) is 4.06. The predicted octanol–water partition coefficient (Wildman–Crippen LogP) is 3.37. The minimum Gasteiger partial charge on any atom is -0.508 e. The van der Waals surface area contributed by atoms with Gasteiger partial charge in [0.05, 0.1) is 0 Å². The first-order chi connectivity index (χ1) is 8.58. The fraction of sp³-hybridized carbons (Fsp3) is 0.625. The summed E-state index contributed by atoms with van der Waals surface area (Å²) >= 11 is 0. The molecule has 2 nitrogen and oxygen atoms in total. The molecular weight excluding hydrogens is 222 g/mol. The molecule has 1 aliphatic heterocycles. The second-order valence-electron chi connectivity index (χ2n) is 5.89. The lowest BCUT2D eigenvalue weighted by Crippen LogP contribution is -2.28. The molecule has 100 valence electrons. The Bertz CT molecular complexity index is 406. The van der Waals surface area contributed by atoms with Gasteiger partial charge in [0.25, 0.3) is 0 Å². The molecule has 0 atom stereocenters. The SMILES string of the molecule is Cc1cc(O)c(CC2CCNCC2)cc1C(C)C. The maximum Gasteiger partial charge on any atom is 0.119 e. The van der Waals surface area contributed by atoms with E-state index in [0.717, 1.165) is 31.0 Å². The van der Waals surface area contributed by atoms with Crippen LogP contribution < -0.4 is 5.32 Å². The highest BCUT2D eigenvalue weighted by molar-refractivity contribution is 5.42. The average molecular weight is 247 g/mol. The van der Waals surface area contributed by atoms with E-state index < -0.39 is 0 Å². The van der Waals surface area contributed by atoms with E-state index in [1.54, 1.807) is 0 Å². The van der Waals surface area contributed by atoms with Gasteiger partial charge < -0.3 is 10.4 Å². The van der Waals surface area contributed by atoms with Gasteiger partial charge in [0, 0.05) is 0 Å². The van der Waals surface area contributed by atoms with Crippen LogP contribution in [0.25, 0.3) is 0 Å². The zero-order valence-electron chi connectivity index (χ0n) is 11.8. The first kappa shape index (κ1) is 13.4. The van der Waals surface area contributed by atoms with Crippen LogP contribution in [0.1, 0.15) is 49.3 Å². The molecule has 1 fully saturated rings. The molecule has 2 heteroatoms. The van der Waals surface area contributed by atoms with Crippen molar-refractivity contribution in [3.05, 3.63) is 28.8 Å². The number of hydrogen-bond donors (Lipinski definition) is 2. The van der Waals surface area contributed by atoms with Crippen molar-refractivity contribution in [2.45, 2.75) is 46.0 Å². The summed E-state index contributed by atoms with van der Waals surface area (Å²) in [6.45, 7) is 8.76. The van der Waals surface area contributed by atoms with Gasteiger partial charge in [-0.3, -0.25) is 0 Å². The summed E-state index contributed by atoms with van der Waals surface area (Å²) in [6.07, 6.45) is 3.47. The van der Waals surface area contributed by atoms with Crippen LogP contribution in [0, 0.1) is 12.8 Å². The lowest BCUT2D eigenvalue weighted by atomic mass is 9.87. The Morgan fingerprint density at radius 1 is 1.28 bits per heavy atom. The summed E-state index contributed by atoms with van der Waals surface area (Å²) < 4.78 is 0. The van der Waals surface area contributed by atoms with Crippen LogP contribution in [0.3, 0.4) is 0 Å². The van der Waals surface area contributed by atoms with Crippen LogP contribution in [0.5, 0.6) is 5.75 Å². The van der Waals surface area contributed by atoms with Gasteiger partial charge in [0.15, 0.2) is 0 Å². The summed E-state index contributed by atoms with van der Waals surface area (Å²) in [5.41, 5.74) is 3.71. The normalized spacial score (nSPS) is 17.3. The molecule has 2 rings (SSSR count). The molecule has 18 heavy (non-hydrogen) atoms. The van der Waals surface area contributed by atoms with E-state index in [1.165, 1.54) is 24.0 Å². The smallest absolute Gasteiger partial charge is 0.119 e.